The van der Waals surface area contributed by atoms with E-state index >= 15 is 0 Å². The van der Waals surface area contributed by atoms with E-state index in [1.54, 1.807) is 6.26 Å². The fourth-order valence-corrected chi connectivity index (χ4v) is 2.65. The highest BCUT2D eigenvalue weighted by atomic mass is 16.4. The first-order chi connectivity index (χ1) is 9.65. The molecule has 5 nitrogen and oxygen atoms in total. The monoisotopic (exact) mass is 279 g/mol. The predicted octanol–water partition coefficient (Wildman–Crippen LogP) is 2.22. The van der Waals surface area contributed by atoms with Crippen LogP contribution in [0.15, 0.2) is 22.8 Å². The summed E-state index contributed by atoms with van der Waals surface area (Å²) in [5.41, 5.74) is 0. The lowest BCUT2D eigenvalue weighted by atomic mass is 9.82. The van der Waals surface area contributed by atoms with Crippen molar-refractivity contribution in [2.45, 2.75) is 38.5 Å². The van der Waals surface area contributed by atoms with Crippen LogP contribution < -0.4 is 5.32 Å². The van der Waals surface area contributed by atoms with Gasteiger partial charge in [-0.3, -0.25) is 9.59 Å². The minimum Gasteiger partial charge on any atom is -0.481 e. The molecule has 0 unspecified atom stereocenters. The Morgan fingerprint density at radius 1 is 1.30 bits per heavy atom. The Balaban J connectivity index is 1.61. The third kappa shape index (κ3) is 4.40. The molecule has 1 aliphatic rings. The van der Waals surface area contributed by atoms with E-state index in [-0.39, 0.29) is 11.8 Å². The van der Waals surface area contributed by atoms with E-state index in [0.717, 1.165) is 31.4 Å². The fraction of sp³-hybridized carbons (Fsp3) is 0.600. The molecule has 110 valence electrons. The van der Waals surface area contributed by atoms with Gasteiger partial charge >= 0.3 is 5.97 Å². The largest absolute Gasteiger partial charge is 0.481 e. The molecule has 0 saturated heterocycles. The van der Waals surface area contributed by atoms with Crippen molar-refractivity contribution in [1.29, 1.82) is 0 Å². The highest BCUT2D eigenvalue weighted by molar-refractivity contribution is 5.76. The summed E-state index contributed by atoms with van der Waals surface area (Å²) in [6.07, 6.45) is 5.87. The minimum atomic E-state index is -0.689. The van der Waals surface area contributed by atoms with Crippen molar-refractivity contribution < 1.29 is 19.1 Å². The maximum Gasteiger partial charge on any atom is 0.306 e. The standard InChI is InChI=1S/C15H21NO4/c17-14(8-7-13-2-1-9-20-13)16-10-11-3-5-12(6-4-11)15(18)19/h1-2,9,11-12H,3-8,10H2,(H,16,17)(H,18,19). The molecule has 0 bridgehead atoms. The van der Waals surface area contributed by atoms with E-state index in [4.69, 9.17) is 9.52 Å². The molecule has 0 aromatic carbocycles. The first-order valence-corrected chi connectivity index (χ1v) is 7.17. The molecule has 1 aromatic rings. The van der Waals surface area contributed by atoms with E-state index in [1.807, 2.05) is 12.1 Å². The van der Waals surface area contributed by atoms with Crippen LogP contribution in [0.5, 0.6) is 0 Å². The van der Waals surface area contributed by atoms with Crippen LogP contribution >= 0.6 is 0 Å². The van der Waals surface area contributed by atoms with Gasteiger partial charge in [0.2, 0.25) is 5.91 Å². The van der Waals surface area contributed by atoms with E-state index in [1.165, 1.54) is 0 Å². The molecule has 1 saturated carbocycles. The Hall–Kier alpha value is -1.78. The Bertz CT molecular complexity index is 433. The van der Waals surface area contributed by atoms with Crippen LogP contribution in [0.25, 0.3) is 0 Å². The smallest absolute Gasteiger partial charge is 0.306 e. The second-order valence-corrected chi connectivity index (χ2v) is 5.44. The fourth-order valence-electron chi connectivity index (χ4n) is 2.65. The summed E-state index contributed by atoms with van der Waals surface area (Å²) in [5.74, 6) is 0.383. The Labute approximate surface area is 118 Å². The first-order valence-electron chi connectivity index (χ1n) is 7.17. The van der Waals surface area contributed by atoms with Crippen LogP contribution in [0, 0.1) is 11.8 Å². The number of carboxylic acids is 1. The van der Waals surface area contributed by atoms with Gasteiger partial charge in [0.1, 0.15) is 5.76 Å². The van der Waals surface area contributed by atoms with Gasteiger partial charge in [-0.2, -0.15) is 0 Å². The molecule has 0 aliphatic heterocycles. The SMILES string of the molecule is O=C(CCc1ccco1)NCC1CCC(C(=O)O)CC1. The second-order valence-electron chi connectivity index (χ2n) is 5.44. The number of rotatable bonds is 6. The summed E-state index contributed by atoms with van der Waals surface area (Å²) in [5, 5.41) is 11.9. The molecular formula is C15H21NO4. The summed E-state index contributed by atoms with van der Waals surface area (Å²) in [6, 6.07) is 3.68. The van der Waals surface area contributed by atoms with Gasteiger partial charge in [-0.15, -0.1) is 0 Å². The van der Waals surface area contributed by atoms with Crippen molar-refractivity contribution in [3.63, 3.8) is 0 Å². The van der Waals surface area contributed by atoms with Gasteiger partial charge in [-0.25, -0.2) is 0 Å². The van der Waals surface area contributed by atoms with Crippen LogP contribution in [0.2, 0.25) is 0 Å². The maximum atomic E-state index is 11.7. The minimum absolute atomic E-state index is 0.0294. The van der Waals surface area contributed by atoms with Crippen molar-refractivity contribution in [3.05, 3.63) is 24.2 Å². The van der Waals surface area contributed by atoms with Gasteiger partial charge in [-0.05, 0) is 43.7 Å². The maximum absolute atomic E-state index is 11.7. The quantitative estimate of drug-likeness (QED) is 0.836. The molecule has 1 aliphatic carbocycles. The number of hydrogen-bond acceptors (Lipinski definition) is 3. The van der Waals surface area contributed by atoms with E-state index in [9.17, 15) is 9.59 Å². The van der Waals surface area contributed by atoms with Gasteiger partial charge in [0.05, 0.1) is 12.2 Å². The van der Waals surface area contributed by atoms with Gasteiger partial charge in [-0.1, -0.05) is 0 Å². The average Bonchev–Trinajstić information content (AvgIpc) is 2.96. The summed E-state index contributed by atoms with van der Waals surface area (Å²) < 4.78 is 5.18. The lowest BCUT2D eigenvalue weighted by Crippen LogP contribution is -2.32. The van der Waals surface area contributed by atoms with Crippen molar-refractivity contribution in [2.24, 2.45) is 11.8 Å². The third-order valence-corrected chi connectivity index (χ3v) is 3.96. The van der Waals surface area contributed by atoms with Crippen LogP contribution in [-0.2, 0) is 16.0 Å². The summed E-state index contributed by atoms with van der Waals surface area (Å²) in [6.45, 7) is 0.656. The number of hydrogen-bond donors (Lipinski definition) is 2. The molecule has 0 radical (unpaired) electrons. The number of carbonyl (C=O) groups is 2. The lowest BCUT2D eigenvalue weighted by molar-refractivity contribution is -0.143. The Morgan fingerprint density at radius 3 is 2.65 bits per heavy atom. The number of aliphatic carboxylic acids is 1. The van der Waals surface area contributed by atoms with E-state index in [2.05, 4.69) is 5.32 Å². The highest BCUT2D eigenvalue weighted by Crippen LogP contribution is 2.28. The van der Waals surface area contributed by atoms with E-state index < -0.39 is 5.97 Å². The molecular weight excluding hydrogens is 258 g/mol. The Morgan fingerprint density at radius 2 is 2.05 bits per heavy atom. The number of nitrogens with one attached hydrogen (secondary N) is 1. The normalized spacial score (nSPS) is 22.4. The van der Waals surface area contributed by atoms with Gasteiger partial charge < -0.3 is 14.8 Å². The van der Waals surface area contributed by atoms with E-state index in [0.29, 0.717) is 25.3 Å². The first kappa shape index (κ1) is 14.6. The zero-order valence-electron chi connectivity index (χ0n) is 11.5. The summed E-state index contributed by atoms with van der Waals surface area (Å²) in [7, 11) is 0. The van der Waals surface area contributed by atoms with Gasteiger partial charge in [0, 0.05) is 19.4 Å². The van der Waals surface area contributed by atoms with Crippen LogP contribution in [0.1, 0.15) is 37.9 Å². The zero-order chi connectivity index (χ0) is 14.4. The molecule has 2 rings (SSSR count). The summed E-state index contributed by atoms with van der Waals surface area (Å²) >= 11 is 0. The molecule has 0 atom stereocenters. The summed E-state index contributed by atoms with van der Waals surface area (Å²) in [4.78, 5) is 22.6. The topological polar surface area (TPSA) is 79.5 Å². The second kappa shape index (κ2) is 7.12. The van der Waals surface area contributed by atoms with Crippen molar-refractivity contribution in [1.82, 2.24) is 5.32 Å². The molecule has 2 N–H and O–H groups in total. The Kier molecular flexibility index (Phi) is 5.21. The van der Waals surface area contributed by atoms with Crippen molar-refractivity contribution in [2.75, 3.05) is 6.54 Å². The molecule has 1 amide bonds. The van der Waals surface area contributed by atoms with Crippen LogP contribution in [0.3, 0.4) is 0 Å². The van der Waals surface area contributed by atoms with Crippen molar-refractivity contribution in [3.8, 4) is 0 Å². The predicted molar refractivity (Wildman–Crippen MR) is 73.1 cm³/mol. The number of aryl methyl sites for hydroxylation is 1. The van der Waals surface area contributed by atoms with Gasteiger partial charge in [0.25, 0.3) is 0 Å². The number of carbonyl (C=O) groups excluding carboxylic acids is 1. The molecule has 0 spiro atoms. The number of furan rings is 1. The number of carboxylic acid groups (broad SMARTS) is 1. The van der Waals surface area contributed by atoms with Crippen molar-refractivity contribution >= 4 is 11.9 Å². The highest BCUT2D eigenvalue weighted by Gasteiger charge is 2.25. The molecule has 20 heavy (non-hydrogen) atoms. The zero-order valence-corrected chi connectivity index (χ0v) is 11.5. The molecule has 1 heterocycles. The lowest BCUT2D eigenvalue weighted by Gasteiger charge is -2.26. The number of amides is 1. The average molecular weight is 279 g/mol. The molecule has 1 fully saturated rings. The molecule has 1 aromatic heterocycles. The van der Waals surface area contributed by atoms with Gasteiger partial charge in [0.15, 0.2) is 0 Å². The third-order valence-electron chi connectivity index (χ3n) is 3.96. The van der Waals surface area contributed by atoms with Crippen LogP contribution in [0.4, 0.5) is 0 Å². The molecule has 5 heteroatoms. The van der Waals surface area contributed by atoms with Crippen LogP contribution in [-0.4, -0.2) is 23.5 Å².